The number of rotatable bonds is 7. The van der Waals surface area contributed by atoms with Gasteiger partial charge in [-0.2, -0.15) is 0 Å². The van der Waals surface area contributed by atoms with Crippen molar-refractivity contribution in [1.29, 1.82) is 0 Å². The number of aryl methyl sites for hydroxylation is 1. The van der Waals surface area contributed by atoms with E-state index in [1.54, 1.807) is 17.0 Å². The van der Waals surface area contributed by atoms with Gasteiger partial charge in [-0.05, 0) is 12.8 Å². The summed E-state index contributed by atoms with van der Waals surface area (Å²) in [6.07, 6.45) is 6.32. The van der Waals surface area contributed by atoms with Crippen LogP contribution in [0.1, 0.15) is 33.1 Å². The minimum atomic E-state index is -0.113. The van der Waals surface area contributed by atoms with E-state index in [9.17, 15) is 9.59 Å². The zero-order chi connectivity index (χ0) is 12.7. The van der Waals surface area contributed by atoms with Crippen molar-refractivity contribution in [1.82, 2.24) is 14.5 Å². The monoisotopic (exact) mass is 239 g/mol. The molecule has 1 heterocycles. The van der Waals surface area contributed by atoms with Gasteiger partial charge in [-0.25, -0.2) is 4.79 Å². The summed E-state index contributed by atoms with van der Waals surface area (Å²) < 4.78 is 3.07. The predicted octanol–water partition coefficient (Wildman–Crippen LogP) is 0.976. The van der Waals surface area contributed by atoms with Gasteiger partial charge < -0.3 is 5.32 Å². The number of nitrogens with one attached hydrogen (secondary N) is 1. The number of hydrogen-bond acceptors (Lipinski definition) is 2. The topological polar surface area (TPSA) is 56.0 Å². The van der Waals surface area contributed by atoms with E-state index in [1.807, 2.05) is 6.92 Å². The van der Waals surface area contributed by atoms with Gasteiger partial charge in [0.2, 0.25) is 5.91 Å². The Kier molecular flexibility index (Phi) is 5.52. The SMILES string of the molecule is CCCCNC(=O)Cn1ccn(CCC)c1=O. The number of aromatic nitrogens is 2. The molecule has 0 atom stereocenters. The van der Waals surface area contributed by atoms with E-state index >= 15 is 0 Å². The molecule has 1 N–H and O–H groups in total. The lowest BCUT2D eigenvalue weighted by Gasteiger charge is -2.04. The maximum Gasteiger partial charge on any atom is 0.328 e. The number of hydrogen-bond donors (Lipinski definition) is 1. The minimum absolute atomic E-state index is 0.102. The molecule has 0 spiro atoms. The van der Waals surface area contributed by atoms with Crippen molar-refractivity contribution in [3.8, 4) is 0 Å². The van der Waals surface area contributed by atoms with E-state index in [0.717, 1.165) is 19.3 Å². The molecule has 0 bridgehead atoms. The number of unbranched alkanes of at least 4 members (excludes halogenated alkanes) is 1. The Hall–Kier alpha value is -1.52. The highest BCUT2D eigenvalue weighted by molar-refractivity contribution is 5.75. The van der Waals surface area contributed by atoms with Gasteiger partial charge in [-0.3, -0.25) is 13.9 Å². The largest absolute Gasteiger partial charge is 0.355 e. The van der Waals surface area contributed by atoms with Crippen LogP contribution in [0.3, 0.4) is 0 Å². The van der Waals surface area contributed by atoms with Crippen molar-refractivity contribution in [2.75, 3.05) is 6.54 Å². The number of carbonyl (C=O) groups is 1. The molecule has 1 aromatic rings. The van der Waals surface area contributed by atoms with Crippen molar-refractivity contribution < 1.29 is 4.79 Å². The zero-order valence-corrected chi connectivity index (χ0v) is 10.6. The Morgan fingerprint density at radius 3 is 2.59 bits per heavy atom. The van der Waals surface area contributed by atoms with Crippen LogP contribution in [0.15, 0.2) is 17.2 Å². The lowest BCUT2D eigenvalue weighted by Crippen LogP contribution is -2.33. The summed E-state index contributed by atoms with van der Waals surface area (Å²) in [5, 5.41) is 2.79. The molecule has 0 aliphatic heterocycles. The van der Waals surface area contributed by atoms with Crippen LogP contribution in [0.2, 0.25) is 0 Å². The van der Waals surface area contributed by atoms with E-state index in [2.05, 4.69) is 12.2 Å². The first-order valence-electron chi connectivity index (χ1n) is 6.21. The zero-order valence-electron chi connectivity index (χ0n) is 10.6. The third-order valence-corrected chi connectivity index (χ3v) is 2.55. The van der Waals surface area contributed by atoms with Crippen LogP contribution in [-0.2, 0) is 17.9 Å². The third kappa shape index (κ3) is 4.09. The average molecular weight is 239 g/mol. The van der Waals surface area contributed by atoms with E-state index in [-0.39, 0.29) is 18.1 Å². The Morgan fingerprint density at radius 1 is 1.24 bits per heavy atom. The second kappa shape index (κ2) is 6.93. The van der Waals surface area contributed by atoms with E-state index in [4.69, 9.17) is 0 Å². The first-order valence-corrected chi connectivity index (χ1v) is 6.21. The van der Waals surface area contributed by atoms with Gasteiger partial charge in [0, 0.05) is 25.5 Å². The molecule has 17 heavy (non-hydrogen) atoms. The number of imidazole rings is 1. The lowest BCUT2D eigenvalue weighted by atomic mass is 10.3. The van der Waals surface area contributed by atoms with Crippen molar-refractivity contribution in [3.05, 3.63) is 22.9 Å². The van der Waals surface area contributed by atoms with Gasteiger partial charge in [0.15, 0.2) is 0 Å². The fraction of sp³-hybridized carbons (Fsp3) is 0.667. The maximum absolute atomic E-state index is 11.8. The molecule has 5 heteroatoms. The summed E-state index contributed by atoms with van der Waals surface area (Å²) in [6.45, 7) is 5.57. The summed E-state index contributed by atoms with van der Waals surface area (Å²) in [5.74, 6) is -0.102. The van der Waals surface area contributed by atoms with Crippen molar-refractivity contribution in [2.24, 2.45) is 0 Å². The van der Waals surface area contributed by atoms with Crippen LogP contribution in [0.25, 0.3) is 0 Å². The molecule has 0 fully saturated rings. The molecule has 0 radical (unpaired) electrons. The summed E-state index contributed by atoms with van der Waals surface area (Å²) in [6, 6.07) is 0. The van der Waals surface area contributed by atoms with E-state index < -0.39 is 0 Å². The van der Waals surface area contributed by atoms with Gasteiger partial charge in [0.05, 0.1) is 0 Å². The third-order valence-electron chi connectivity index (χ3n) is 2.55. The van der Waals surface area contributed by atoms with Crippen molar-refractivity contribution in [3.63, 3.8) is 0 Å². The van der Waals surface area contributed by atoms with E-state index in [1.165, 1.54) is 4.57 Å². The normalized spacial score (nSPS) is 10.5. The molecular formula is C12H21N3O2. The fourth-order valence-electron chi connectivity index (χ4n) is 1.60. The highest BCUT2D eigenvalue weighted by Gasteiger charge is 2.06. The number of amides is 1. The summed E-state index contributed by atoms with van der Waals surface area (Å²) in [7, 11) is 0. The molecule has 0 aliphatic carbocycles. The summed E-state index contributed by atoms with van der Waals surface area (Å²) >= 11 is 0. The van der Waals surface area contributed by atoms with E-state index in [0.29, 0.717) is 13.1 Å². The Balaban J connectivity index is 2.51. The average Bonchev–Trinajstić information content (AvgIpc) is 2.63. The smallest absolute Gasteiger partial charge is 0.328 e. The molecule has 0 saturated heterocycles. The molecule has 1 aromatic heterocycles. The standard InChI is InChI=1S/C12H21N3O2/c1-3-5-6-13-11(16)10-15-9-8-14(7-4-2)12(15)17/h8-9H,3-7,10H2,1-2H3,(H,13,16). The van der Waals surface area contributed by atoms with Gasteiger partial charge in [-0.15, -0.1) is 0 Å². The Bertz CT molecular complexity index is 406. The van der Waals surface area contributed by atoms with Gasteiger partial charge in [0.25, 0.3) is 0 Å². The number of nitrogens with zero attached hydrogens (tertiary/aromatic N) is 2. The van der Waals surface area contributed by atoms with Crippen LogP contribution in [-0.4, -0.2) is 21.6 Å². The highest BCUT2D eigenvalue weighted by Crippen LogP contribution is 1.89. The molecule has 96 valence electrons. The first-order chi connectivity index (χ1) is 8.19. The fourth-order valence-corrected chi connectivity index (χ4v) is 1.60. The predicted molar refractivity (Wildman–Crippen MR) is 66.9 cm³/mol. The molecule has 5 nitrogen and oxygen atoms in total. The van der Waals surface area contributed by atoms with Gasteiger partial charge in [-0.1, -0.05) is 20.3 Å². The number of carbonyl (C=O) groups excluding carboxylic acids is 1. The Morgan fingerprint density at radius 2 is 1.94 bits per heavy atom. The molecule has 0 saturated carbocycles. The first kappa shape index (κ1) is 13.5. The molecule has 1 rings (SSSR count). The van der Waals surface area contributed by atoms with Crippen LogP contribution in [0.5, 0.6) is 0 Å². The van der Waals surface area contributed by atoms with Crippen molar-refractivity contribution in [2.45, 2.75) is 46.2 Å². The maximum atomic E-state index is 11.8. The molecule has 0 aromatic carbocycles. The molecule has 1 amide bonds. The van der Waals surface area contributed by atoms with Crippen LogP contribution in [0.4, 0.5) is 0 Å². The van der Waals surface area contributed by atoms with Crippen molar-refractivity contribution >= 4 is 5.91 Å². The second-order valence-electron chi connectivity index (χ2n) is 4.11. The molecule has 0 aliphatic rings. The summed E-state index contributed by atoms with van der Waals surface area (Å²) in [4.78, 5) is 23.3. The summed E-state index contributed by atoms with van der Waals surface area (Å²) in [5.41, 5.74) is -0.113. The van der Waals surface area contributed by atoms with Crippen LogP contribution in [0, 0.1) is 0 Å². The highest BCUT2D eigenvalue weighted by atomic mass is 16.2. The molecular weight excluding hydrogens is 218 g/mol. The van der Waals surface area contributed by atoms with Crippen LogP contribution < -0.4 is 11.0 Å². The van der Waals surface area contributed by atoms with Crippen LogP contribution >= 0.6 is 0 Å². The minimum Gasteiger partial charge on any atom is -0.355 e. The van der Waals surface area contributed by atoms with Gasteiger partial charge in [0.1, 0.15) is 6.54 Å². The molecule has 0 unspecified atom stereocenters. The second-order valence-corrected chi connectivity index (χ2v) is 4.11. The Labute approximate surface area is 101 Å². The van der Waals surface area contributed by atoms with Gasteiger partial charge >= 0.3 is 5.69 Å². The quantitative estimate of drug-likeness (QED) is 0.721. The lowest BCUT2D eigenvalue weighted by molar-refractivity contribution is -0.121.